The summed E-state index contributed by atoms with van der Waals surface area (Å²) in [5, 5.41) is 0.762. The Balaban J connectivity index is 1.90. The number of rotatable bonds is 3. The highest BCUT2D eigenvalue weighted by Crippen LogP contribution is 2.37. The highest BCUT2D eigenvalue weighted by molar-refractivity contribution is 9.10. The molecule has 1 heterocycles. The first-order valence-electron chi connectivity index (χ1n) is 7.23. The zero-order valence-corrected chi connectivity index (χ0v) is 13.7. The number of nitrogens with two attached hydrogens (primary N) is 1. The van der Waals surface area contributed by atoms with Gasteiger partial charge in [-0.2, -0.15) is 0 Å². The summed E-state index contributed by atoms with van der Waals surface area (Å²) >= 11 is 9.80. The Morgan fingerprint density at radius 2 is 2.30 bits per heavy atom. The smallest absolute Gasteiger partial charge is 0.0731 e. The van der Waals surface area contributed by atoms with E-state index < -0.39 is 0 Å². The normalized spacial score (nSPS) is 28.4. The molecule has 3 unspecified atom stereocenters. The Labute approximate surface area is 133 Å². The van der Waals surface area contributed by atoms with Crippen molar-refractivity contribution < 1.29 is 4.74 Å². The fourth-order valence-electron chi connectivity index (χ4n) is 3.55. The number of hydrogen-bond acceptors (Lipinski definition) is 3. The molecule has 1 aromatic rings. The molecule has 0 bridgehead atoms. The van der Waals surface area contributed by atoms with Gasteiger partial charge in [-0.25, -0.2) is 0 Å². The summed E-state index contributed by atoms with van der Waals surface area (Å²) in [6.45, 7) is 2.35. The molecular formula is C15H20BrClN2O. The largest absolute Gasteiger partial charge is 0.375 e. The lowest BCUT2D eigenvalue weighted by molar-refractivity contribution is -0.0712. The minimum absolute atomic E-state index is 0.206. The van der Waals surface area contributed by atoms with E-state index in [0.717, 1.165) is 22.6 Å². The first kappa shape index (κ1) is 14.8. The third-order valence-electron chi connectivity index (χ3n) is 4.47. The molecule has 110 valence electrons. The number of morpholine rings is 1. The standard InChI is InChI=1S/C15H20BrClN2O/c16-12-5-4-10(17)8-11(12)14(9-18)19-6-7-20-15-3-1-2-13(15)19/h4-5,8,13-15H,1-3,6-7,9,18H2. The van der Waals surface area contributed by atoms with Crippen LogP contribution < -0.4 is 5.73 Å². The highest BCUT2D eigenvalue weighted by atomic mass is 79.9. The van der Waals surface area contributed by atoms with Crippen molar-refractivity contribution in [1.82, 2.24) is 4.90 Å². The molecule has 3 nitrogen and oxygen atoms in total. The van der Waals surface area contributed by atoms with Crippen LogP contribution in [0.4, 0.5) is 0 Å². The van der Waals surface area contributed by atoms with E-state index in [1.54, 1.807) is 0 Å². The molecule has 1 saturated heterocycles. The number of benzene rings is 1. The molecule has 0 radical (unpaired) electrons. The quantitative estimate of drug-likeness (QED) is 0.899. The molecule has 1 aliphatic carbocycles. The van der Waals surface area contributed by atoms with E-state index in [-0.39, 0.29) is 6.04 Å². The lowest BCUT2D eigenvalue weighted by atomic mass is 10.0. The van der Waals surface area contributed by atoms with E-state index in [1.165, 1.54) is 24.8 Å². The summed E-state index contributed by atoms with van der Waals surface area (Å²) in [4.78, 5) is 2.53. The van der Waals surface area contributed by atoms with E-state index in [4.69, 9.17) is 22.1 Å². The van der Waals surface area contributed by atoms with E-state index in [9.17, 15) is 0 Å². The van der Waals surface area contributed by atoms with Gasteiger partial charge in [0.1, 0.15) is 0 Å². The molecule has 1 saturated carbocycles. The maximum atomic E-state index is 6.16. The summed E-state index contributed by atoms with van der Waals surface area (Å²) in [7, 11) is 0. The van der Waals surface area contributed by atoms with Gasteiger partial charge in [-0.1, -0.05) is 27.5 Å². The van der Waals surface area contributed by atoms with Crippen LogP contribution in [0.3, 0.4) is 0 Å². The van der Waals surface area contributed by atoms with Crippen LogP contribution in [0, 0.1) is 0 Å². The molecule has 0 amide bonds. The summed E-state index contributed by atoms with van der Waals surface area (Å²) in [6, 6.07) is 6.65. The van der Waals surface area contributed by atoms with Gasteiger partial charge in [0, 0.05) is 34.7 Å². The fourth-order valence-corrected chi connectivity index (χ4v) is 4.24. The van der Waals surface area contributed by atoms with Gasteiger partial charge in [-0.15, -0.1) is 0 Å². The van der Waals surface area contributed by atoms with Gasteiger partial charge >= 0.3 is 0 Å². The lowest BCUT2D eigenvalue weighted by Gasteiger charge is -2.42. The Kier molecular flexibility index (Phi) is 4.68. The second-order valence-corrected chi connectivity index (χ2v) is 6.85. The summed E-state index contributed by atoms with van der Waals surface area (Å²) in [5.74, 6) is 0. The minimum Gasteiger partial charge on any atom is -0.375 e. The van der Waals surface area contributed by atoms with Crippen LogP contribution in [-0.4, -0.2) is 36.7 Å². The Morgan fingerprint density at radius 1 is 1.45 bits per heavy atom. The number of ether oxygens (including phenoxy) is 1. The highest BCUT2D eigenvalue weighted by Gasteiger charge is 2.39. The molecule has 0 aromatic heterocycles. The number of hydrogen-bond donors (Lipinski definition) is 1. The van der Waals surface area contributed by atoms with Crippen LogP contribution in [0.15, 0.2) is 22.7 Å². The summed E-state index contributed by atoms with van der Waals surface area (Å²) in [5.41, 5.74) is 7.28. The molecule has 2 N–H and O–H groups in total. The molecule has 1 aliphatic heterocycles. The van der Waals surface area contributed by atoms with Crippen molar-refractivity contribution in [2.24, 2.45) is 5.73 Å². The summed E-state index contributed by atoms with van der Waals surface area (Å²) in [6.07, 6.45) is 4.02. The van der Waals surface area contributed by atoms with Crippen LogP contribution in [0.25, 0.3) is 0 Å². The SMILES string of the molecule is NCC(c1cc(Cl)ccc1Br)N1CCOC2CCCC21. The predicted octanol–water partition coefficient (Wildman–Crippen LogP) is 3.36. The molecule has 3 atom stereocenters. The van der Waals surface area contributed by atoms with Gasteiger partial charge in [0.05, 0.1) is 12.7 Å². The zero-order chi connectivity index (χ0) is 14.1. The van der Waals surface area contributed by atoms with Gasteiger partial charge in [0.2, 0.25) is 0 Å². The average molecular weight is 360 g/mol. The van der Waals surface area contributed by atoms with E-state index >= 15 is 0 Å². The summed E-state index contributed by atoms with van der Waals surface area (Å²) < 4.78 is 6.98. The van der Waals surface area contributed by atoms with Crippen LogP contribution in [-0.2, 0) is 4.74 Å². The number of nitrogens with zero attached hydrogens (tertiary/aromatic N) is 1. The van der Waals surface area contributed by atoms with E-state index in [0.29, 0.717) is 18.7 Å². The first-order chi connectivity index (χ1) is 9.70. The second-order valence-electron chi connectivity index (χ2n) is 5.56. The predicted molar refractivity (Wildman–Crippen MR) is 85.0 cm³/mol. The fraction of sp³-hybridized carbons (Fsp3) is 0.600. The maximum Gasteiger partial charge on any atom is 0.0731 e. The monoisotopic (exact) mass is 358 g/mol. The molecule has 1 aromatic carbocycles. The van der Waals surface area contributed by atoms with Crippen LogP contribution in [0.1, 0.15) is 30.9 Å². The van der Waals surface area contributed by atoms with Crippen molar-refractivity contribution in [3.05, 3.63) is 33.3 Å². The minimum atomic E-state index is 0.206. The van der Waals surface area contributed by atoms with Crippen molar-refractivity contribution in [2.75, 3.05) is 19.7 Å². The van der Waals surface area contributed by atoms with Crippen molar-refractivity contribution in [3.8, 4) is 0 Å². The molecule has 0 spiro atoms. The van der Waals surface area contributed by atoms with Gasteiger partial charge < -0.3 is 10.5 Å². The molecule has 2 fully saturated rings. The Hall–Kier alpha value is -0.130. The van der Waals surface area contributed by atoms with E-state index in [2.05, 4.69) is 20.8 Å². The molecular weight excluding hydrogens is 340 g/mol. The molecule has 2 aliphatic rings. The molecule has 5 heteroatoms. The van der Waals surface area contributed by atoms with Crippen LogP contribution in [0.5, 0.6) is 0 Å². The maximum absolute atomic E-state index is 6.16. The number of halogens is 2. The van der Waals surface area contributed by atoms with Crippen molar-refractivity contribution in [1.29, 1.82) is 0 Å². The van der Waals surface area contributed by atoms with Crippen LogP contribution in [0.2, 0.25) is 5.02 Å². The Morgan fingerprint density at radius 3 is 3.10 bits per heavy atom. The van der Waals surface area contributed by atoms with Crippen molar-refractivity contribution >= 4 is 27.5 Å². The lowest BCUT2D eigenvalue weighted by Crippen LogP contribution is -2.51. The van der Waals surface area contributed by atoms with E-state index in [1.807, 2.05) is 18.2 Å². The van der Waals surface area contributed by atoms with Crippen LogP contribution >= 0.6 is 27.5 Å². The Bertz CT molecular complexity index is 485. The molecule has 20 heavy (non-hydrogen) atoms. The van der Waals surface area contributed by atoms with Crippen molar-refractivity contribution in [3.63, 3.8) is 0 Å². The van der Waals surface area contributed by atoms with Gasteiger partial charge in [-0.05, 0) is 43.0 Å². The number of fused-ring (bicyclic) bond motifs is 1. The zero-order valence-electron chi connectivity index (χ0n) is 11.4. The third kappa shape index (κ3) is 2.77. The second kappa shape index (κ2) is 6.32. The van der Waals surface area contributed by atoms with Crippen molar-refractivity contribution in [2.45, 2.75) is 37.5 Å². The topological polar surface area (TPSA) is 38.5 Å². The average Bonchev–Trinajstić information content (AvgIpc) is 2.92. The van der Waals surface area contributed by atoms with Gasteiger partial charge in [0.15, 0.2) is 0 Å². The third-order valence-corrected chi connectivity index (χ3v) is 5.42. The van der Waals surface area contributed by atoms with Gasteiger partial charge in [-0.3, -0.25) is 4.90 Å². The van der Waals surface area contributed by atoms with Gasteiger partial charge in [0.25, 0.3) is 0 Å². The molecule has 3 rings (SSSR count). The first-order valence-corrected chi connectivity index (χ1v) is 8.40.